The summed E-state index contributed by atoms with van der Waals surface area (Å²) in [6.45, 7) is 0.990. The van der Waals surface area contributed by atoms with Gasteiger partial charge in [-0.15, -0.1) is 0 Å². The minimum Gasteiger partial charge on any atom is -0.243 e. The molecule has 1 rings (SSSR count). The fraction of sp³-hybridized carbons (Fsp3) is 0.667. The van der Waals surface area contributed by atoms with Crippen molar-refractivity contribution in [1.82, 2.24) is 11.0 Å². The molecule has 2 N–H and O–H groups in total. The van der Waals surface area contributed by atoms with Crippen LogP contribution in [0.5, 0.6) is 0 Å². The Balaban J connectivity index is 2.26. The van der Waals surface area contributed by atoms with E-state index in [-0.39, 0.29) is 0 Å². The molecule has 0 amide bonds. The van der Waals surface area contributed by atoms with Crippen LogP contribution in [-0.4, -0.2) is 12.8 Å². The minimum atomic E-state index is 0.990. The average Bonchev–Trinajstić information content (AvgIpc) is 1.72. The smallest absolute Gasteiger partial charge is 0.0271 e. The van der Waals surface area contributed by atoms with Crippen molar-refractivity contribution < 1.29 is 0 Å². The number of nitrogens with zero attached hydrogens (tertiary/aromatic N) is 1. The van der Waals surface area contributed by atoms with E-state index in [0.29, 0.717) is 0 Å². The molecule has 0 saturated heterocycles. The lowest BCUT2D eigenvalue weighted by molar-refractivity contribution is 0.548. The second kappa shape index (κ2) is 1.77. The monoisotopic (exact) mass is 85.1 g/mol. The molecule has 0 fully saturated rings. The number of hydrazone groups is 1. The third kappa shape index (κ3) is 0.687. The fourth-order valence-electron chi connectivity index (χ4n) is 0.348. The van der Waals surface area contributed by atoms with Gasteiger partial charge in [0, 0.05) is 12.8 Å². The molecule has 3 nitrogen and oxygen atoms in total. The molecule has 0 unspecified atom stereocenters. The molecular weight excluding hydrogens is 78.1 g/mol. The first-order chi connectivity index (χ1) is 3.00. The van der Waals surface area contributed by atoms with E-state index in [1.807, 2.05) is 6.21 Å². The Morgan fingerprint density at radius 2 is 2.67 bits per heavy atom. The summed E-state index contributed by atoms with van der Waals surface area (Å²) in [6.07, 6.45) is 2.88. The van der Waals surface area contributed by atoms with E-state index in [2.05, 4.69) is 16.1 Å². The van der Waals surface area contributed by atoms with E-state index >= 15 is 0 Å². The van der Waals surface area contributed by atoms with Gasteiger partial charge in [0.2, 0.25) is 0 Å². The van der Waals surface area contributed by atoms with E-state index in [9.17, 15) is 0 Å². The van der Waals surface area contributed by atoms with E-state index in [0.717, 1.165) is 13.0 Å². The summed E-state index contributed by atoms with van der Waals surface area (Å²) in [5.74, 6) is 0. The lowest BCUT2D eigenvalue weighted by Crippen LogP contribution is -2.31. The molecule has 1 heterocycles. The summed E-state index contributed by atoms with van der Waals surface area (Å²) < 4.78 is 0. The highest BCUT2D eigenvalue weighted by atomic mass is 15.6. The van der Waals surface area contributed by atoms with Crippen LogP contribution in [0.4, 0.5) is 0 Å². The van der Waals surface area contributed by atoms with Gasteiger partial charge >= 0.3 is 0 Å². The van der Waals surface area contributed by atoms with Crippen LogP contribution in [0.25, 0.3) is 0 Å². The van der Waals surface area contributed by atoms with Gasteiger partial charge in [0.05, 0.1) is 0 Å². The second-order valence-corrected chi connectivity index (χ2v) is 1.14. The van der Waals surface area contributed by atoms with Crippen LogP contribution in [-0.2, 0) is 0 Å². The highest BCUT2D eigenvalue weighted by molar-refractivity contribution is 5.57. The van der Waals surface area contributed by atoms with Crippen molar-refractivity contribution in [3.8, 4) is 0 Å². The van der Waals surface area contributed by atoms with E-state index in [1.165, 1.54) is 0 Å². The maximum atomic E-state index is 3.69. The molecule has 0 spiro atoms. The molecular formula is C3H7N3. The molecule has 0 aromatic rings. The molecule has 3 heteroatoms. The number of hydrogen-bond acceptors (Lipinski definition) is 3. The summed E-state index contributed by atoms with van der Waals surface area (Å²) in [7, 11) is 0. The Kier molecular flexibility index (Phi) is 1.06. The first-order valence-electron chi connectivity index (χ1n) is 1.99. The predicted octanol–water partition coefficient (Wildman–Crippen LogP) is -0.530. The van der Waals surface area contributed by atoms with Gasteiger partial charge in [0.15, 0.2) is 0 Å². The summed E-state index contributed by atoms with van der Waals surface area (Å²) in [6, 6.07) is 0. The molecule has 0 saturated carbocycles. The maximum absolute atomic E-state index is 3.69. The average molecular weight is 85.1 g/mol. The van der Waals surface area contributed by atoms with Crippen LogP contribution < -0.4 is 11.0 Å². The van der Waals surface area contributed by atoms with Gasteiger partial charge in [0.25, 0.3) is 0 Å². The van der Waals surface area contributed by atoms with Gasteiger partial charge in [0.1, 0.15) is 0 Å². The largest absolute Gasteiger partial charge is 0.243 e. The highest BCUT2D eigenvalue weighted by Crippen LogP contribution is 1.71. The molecule has 6 heavy (non-hydrogen) atoms. The zero-order chi connectivity index (χ0) is 4.24. The Hall–Kier alpha value is -0.570. The van der Waals surface area contributed by atoms with Crippen LogP contribution in [0.1, 0.15) is 6.42 Å². The van der Waals surface area contributed by atoms with E-state index in [4.69, 9.17) is 0 Å². The molecule has 34 valence electrons. The van der Waals surface area contributed by atoms with Gasteiger partial charge < -0.3 is 0 Å². The van der Waals surface area contributed by atoms with Crippen molar-refractivity contribution in [3.63, 3.8) is 0 Å². The van der Waals surface area contributed by atoms with Crippen LogP contribution in [0.15, 0.2) is 5.10 Å². The maximum Gasteiger partial charge on any atom is 0.0271 e. The molecule has 0 atom stereocenters. The minimum absolute atomic E-state index is 0.990. The normalized spacial score (nSPS) is 20.0. The van der Waals surface area contributed by atoms with Gasteiger partial charge in [-0.05, 0) is 6.42 Å². The van der Waals surface area contributed by atoms with Crippen molar-refractivity contribution >= 4 is 6.21 Å². The first kappa shape index (κ1) is 3.61. The van der Waals surface area contributed by atoms with Gasteiger partial charge in [-0.3, -0.25) is 0 Å². The summed E-state index contributed by atoms with van der Waals surface area (Å²) in [5.41, 5.74) is 5.44. The van der Waals surface area contributed by atoms with Crippen molar-refractivity contribution in [1.29, 1.82) is 0 Å². The first-order valence-corrected chi connectivity index (χ1v) is 1.99. The van der Waals surface area contributed by atoms with Crippen molar-refractivity contribution in [2.45, 2.75) is 6.42 Å². The van der Waals surface area contributed by atoms with Crippen LogP contribution in [0.3, 0.4) is 0 Å². The van der Waals surface area contributed by atoms with Crippen molar-refractivity contribution in [2.75, 3.05) is 6.54 Å². The fourth-order valence-corrected chi connectivity index (χ4v) is 0.348. The zero-order valence-corrected chi connectivity index (χ0v) is 3.44. The Labute approximate surface area is 36.4 Å². The molecule has 0 aromatic carbocycles. The van der Waals surface area contributed by atoms with Crippen molar-refractivity contribution in [2.24, 2.45) is 5.10 Å². The Morgan fingerprint density at radius 3 is 2.83 bits per heavy atom. The van der Waals surface area contributed by atoms with E-state index < -0.39 is 0 Å². The van der Waals surface area contributed by atoms with Crippen LogP contribution in [0.2, 0.25) is 0 Å². The Morgan fingerprint density at radius 1 is 1.67 bits per heavy atom. The van der Waals surface area contributed by atoms with Gasteiger partial charge in [-0.25, -0.2) is 11.0 Å². The lowest BCUT2D eigenvalue weighted by Gasteiger charge is -2.03. The quantitative estimate of drug-likeness (QED) is 0.415. The number of hydrazine groups is 1. The summed E-state index contributed by atoms with van der Waals surface area (Å²) in [5, 5.41) is 3.69. The molecule has 0 radical (unpaired) electrons. The summed E-state index contributed by atoms with van der Waals surface area (Å²) in [4.78, 5) is 0. The second-order valence-electron chi connectivity index (χ2n) is 1.14. The summed E-state index contributed by atoms with van der Waals surface area (Å²) >= 11 is 0. The standard InChI is InChI=1S/C3H7N3/c1-2-4-6-5-3-1/h2,5-6H,1,3H2. The van der Waals surface area contributed by atoms with Crippen molar-refractivity contribution in [3.05, 3.63) is 0 Å². The third-order valence-electron chi connectivity index (χ3n) is 0.633. The zero-order valence-electron chi connectivity index (χ0n) is 3.44. The number of rotatable bonds is 0. The molecule has 0 aliphatic carbocycles. The van der Waals surface area contributed by atoms with Crippen LogP contribution in [0, 0.1) is 0 Å². The van der Waals surface area contributed by atoms with E-state index in [1.54, 1.807) is 0 Å². The highest BCUT2D eigenvalue weighted by Gasteiger charge is 1.83. The molecule has 0 aromatic heterocycles. The third-order valence-corrected chi connectivity index (χ3v) is 0.633. The SMILES string of the molecule is C1=NNNCC1. The molecule has 0 bridgehead atoms. The van der Waals surface area contributed by atoms with Gasteiger partial charge in [-0.2, -0.15) is 5.10 Å². The molecule has 1 aliphatic heterocycles. The Bertz CT molecular complexity index is 51.1. The predicted molar refractivity (Wildman–Crippen MR) is 24.2 cm³/mol. The number of hydrogen-bond donors (Lipinski definition) is 2. The molecule has 1 aliphatic rings. The van der Waals surface area contributed by atoms with Crippen LogP contribution >= 0.6 is 0 Å². The topological polar surface area (TPSA) is 36.4 Å². The van der Waals surface area contributed by atoms with Gasteiger partial charge in [-0.1, -0.05) is 0 Å². The lowest BCUT2D eigenvalue weighted by atomic mass is 10.5. The number of nitrogens with one attached hydrogen (secondary N) is 2.